The Morgan fingerprint density at radius 2 is 1.95 bits per heavy atom. The molecule has 0 bridgehead atoms. The Morgan fingerprint density at radius 3 is 2.57 bits per heavy atom. The summed E-state index contributed by atoms with van der Waals surface area (Å²) in [6.07, 6.45) is 2.41. The first kappa shape index (κ1) is 15.1. The molecule has 0 spiro atoms. The molecule has 0 aliphatic heterocycles. The number of carbonyl (C=O) groups excluding carboxylic acids is 1. The minimum Gasteiger partial charge on any atom is -0.322 e. The molecule has 1 heterocycles. The van der Waals surface area contributed by atoms with Crippen molar-refractivity contribution >= 4 is 11.6 Å². The number of nitrogens with one attached hydrogen (secondary N) is 2. The Morgan fingerprint density at radius 1 is 1.24 bits per heavy atom. The van der Waals surface area contributed by atoms with Gasteiger partial charge in [-0.25, -0.2) is 4.39 Å². The molecule has 0 saturated heterocycles. The van der Waals surface area contributed by atoms with Gasteiger partial charge >= 0.3 is 0 Å². The molecule has 0 unspecified atom stereocenters. The first-order valence-electron chi connectivity index (χ1n) is 6.79. The van der Waals surface area contributed by atoms with Crippen molar-refractivity contribution in [2.24, 2.45) is 0 Å². The first-order chi connectivity index (χ1) is 10.1. The second-order valence-corrected chi connectivity index (χ2v) is 5.04. The third kappa shape index (κ3) is 4.36. The monoisotopic (exact) mass is 287 g/mol. The largest absolute Gasteiger partial charge is 0.322 e. The van der Waals surface area contributed by atoms with E-state index in [0.717, 1.165) is 18.3 Å². The smallest absolute Gasteiger partial charge is 0.258 e. The summed E-state index contributed by atoms with van der Waals surface area (Å²) in [6.45, 7) is 4.93. The van der Waals surface area contributed by atoms with E-state index in [1.165, 1.54) is 12.3 Å². The van der Waals surface area contributed by atoms with Gasteiger partial charge in [-0.3, -0.25) is 9.78 Å². The van der Waals surface area contributed by atoms with E-state index >= 15 is 0 Å². The summed E-state index contributed by atoms with van der Waals surface area (Å²) in [5.41, 5.74) is 1.73. The lowest BCUT2D eigenvalue weighted by Crippen LogP contribution is -2.21. The molecule has 0 fully saturated rings. The number of hydrogen-bond donors (Lipinski definition) is 2. The quantitative estimate of drug-likeness (QED) is 0.889. The molecule has 0 saturated carbocycles. The van der Waals surface area contributed by atoms with Crippen molar-refractivity contribution in [2.45, 2.75) is 26.4 Å². The lowest BCUT2D eigenvalue weighted by Gasteiger charge is -2.09. The molecule has 1 aromatic heterocycles. The summed E-state index contributed by atoms with van der Waals surface area (Å²) in [6, 6.07) is 9.22. The van der Waals surface area contributed by atoms with E-state index in [1.807, 2.05) is 12.1 Å². The molecule has 0 aliphatic rings. The predicted octanol–water partition coefficient (Wildman–Crippen LogP) is 2.97. The number of amides is 1. The summed E-state index contributed by atoms with van der Waals surface area (Å²) in [4.78, 5) is 15.6. The van der Waals surface area contributed by atoms with Crippen LogP contribution in [0.2, 0.25) is 0 Å². The van der Waals surface area contributed by atoms with Crippen LogP contribution < -0.4 is 10.6 Å². The number of aromatic nitrogens is 1. The van der Waals surface area contributed by atoms with Crippen LogP contribution in [0.4, 0.5) is 10.1 Å². The molecule has 2 aromatic rings. The van der Waals surface area contributed by atoms with Crippen molar-refractivity contribution in [3.63, 3.8) is 0 Å². The highest BCUT2D eigenvalue weighted by atomic mass is 19.1. The Balaban J connectivity index is 2.00. The van der Waals surface area contributed by atoms with Crippen molar-refractivity contribution in [1.82, 2.24) is 10.3 Å². The van der Waals surface area contributed by atoms with Gasteiger partial charge in [0.1, 0.15) is 0 Å². The second kappa shape index (κ2) is 6.95. The number of halogens is 1. The number of benzene rings is 1. The number of pyridine rings is 1. The van der Waals surface area contributed by atoms with Crippen molar-refractivity contribution in [2.75, 3.05) is 5.32 Å². The minimum atomic E-state index is -0.632. The summed E-state index contributed by atoms with van der Waals surface area (Å²) in [5.74, 6) is -1.12. The maximum Gasteiger partial charge on any atom is 0.258 e. The third-order valence-corrected chi connectivity index (χ3v) is 2.94. The average Bonchev–Trinajstić information content (AvgIpc) is 2.47. The number of nitrogens with zero attached hydrogens (tertiary/aromatic N) is 1. The number of hydrogen-bond acceptors (Lipinski definition) is 3. The molecule has 21 heavy (non-hydrogen) atoms. The van der Waals surface area contributed by atoms with Crippen LogP contribution in [-0.4, -0.2) is 16.9 Å². The highest BCUT2D eigenvalue weighted by Gasteiger charge is 2.11. The van der Waals surface area contributed by atoms with Gasteiger partial charge in [-0.1, -0.05) is 26.0 Å². The zero-order valence-electron chi connectivity index (χ0n) is 12.1. The normalized spacial score (nSPS) is 10.7. The zero-order valence-corrected chi connectivity index (χ0v) is 12.1. The van der Waals surface area contributed by atoms with Crippen molar-refractivity contribution in [3.05, 3.63) is 59.7 Å². The maximum absolute atomic E-state index is 13.5. The topological polar surface area (TPSA) is 54.0 Å². The SMILES string of the molecule is CC(C)NCc1ccc(NC(=O)c2ccncc2F)cc1. The fourth-order valence-corrected chi connectivity index (χ4v) is 1.79. The van der Waals surface area contributed by atoms with Gasteiger partial charge in [0.2, 0.25) is 0 Å². The highest BCUT2D eigenvalue weighted by molar-refractivity contribution is 6.04. The average molecular weight is 287 g/mol. The summed E-state index contributed by atoms with van der Waals surface area (Å²) >= 11 is 0. The van der Waals surface area contributed by atoms with Crippen LogP contribution in [0.25, 0.3) is 0 Å². The molecule has 5 heteroatoms. The zero-order chi connectivity index (χ0) is 15.2. The molecule has 0 radical (unpaired) electrons. The lowest BCUT2D eigenvalue weighted by molar-refractivity contribution is 0.102. The summed E-state index contributed by atoms with van der Waals surface area (Å²) in [5, 5.41) is 5.98. The second-order valence-electron chi connectivity index (χ2n) is 5.04. The van der Waals surface area contributed by atoms with Gasteiger partial charge in [0.05, 0.1) is 11.8 Å². The predicted molar refractivity (Wildman–Crippen MR) is 80.6 cm³/mol. The fraction of sp³-hybridized carbons (Fsp3) is 0.250. The van der Waals surface area contributed by atoms with Crippen LogP contribution in [0.15, 0.2) is 42.7 Å². The standard InChI is InChI=1S/C16H18FN3O/c1-11(2)19-9-12-3-5-13(6-4-12)20-16(21)14-7-8-18-10-15(14)17/h3-8,10-11,19H,9H2,1-2H3,(H,20,21). The Hall–Kier alpha value is -2.27. The van der Waals surface area contributed by atoms with E-state index < -0.39 is 11.7 Å². The molecular formula is C16H18FN3O. The Labute approximate surface area is 123 Å². The van der Waals surface area contributed by atoms with Gasteiger partial charge < -0.3 is 10.6 Å². The Bertz CT molecular complexity index is 611. The third-order valence-electron chi connectivity index (χ3n) is 2.94. The molecule has 110 valence electrons. The van der Waals surface area contributed by atoms with Crippen LogP contribution in [-0.2, 0) is 6.54 Å². The van der Waals surface area contributed by atoms with E-state index in [1.54, 1.807) is 12.1 Å². The van der Waals surface area contributed by atoms with E-state index in [9.17, 15) is 9.18 Å². The van der Waals surface area contributed by atoms with Gasteiger partial charge in [-0.05, 0) is 23.8 Å². The number of rotatable bonds is 5. The van der Waals surface area contributed by atoms with E-state index in [2.05, 4.69) is 29.5 Å². The lowest BCUT2D eigenvalue weighted by atomic mass is 10.2. The maximum atomic E-state index is 13.5. The van der Waals surface area contributed by atoms with E-state index in [0.29, 0.717) is 11.7 Å². The number of anilines is 1. The van der Waals surface area contributed by atoms with Crippen molar-refractivity contribution in [1.29, 1.82) is 0 Å². The molecule has 4 nitrogen and oxygen atoms in total. The molecule has 1 amide bonds. The molecule has 0 aliphatic carbocycles. The molecule has 2 N–H and O–H groups in total. The molecule has 1 aromatic carbocycles. The van der Waals surface area contributed by atoms with Crippen molar-refractivity contribution in [3.8, 4) is 0 Å². The molecule has 2 rings (SSSR count). The minimum absolute atomic E-state index is 0.0180. The van der Waals surface area contributed by atoms with Gasteiger partial charge in [0, 0.05) is 24.5 Å². The fourth-order valence-electron chi connectivity index (χ4n) is 1.79. The van der Waals surface area contributed by atoms with Gasteiger partial charge in [-0.2, -0.15) is 0 Å². The van der Waals surface area contributed by atoms with Crippen LogP contribution >= 0.6 is 0 Å². The van der Waals surface area contributed by atoms with Gasteiger partial charge in [-0.15, -0.1) is 0 Å². The van der Waals surface area contributed by atoms with Gasteiger partial charge in [0.15, 0.2) is 5.82 Å². The van der Waals surface area contributed by atoms with Crippen LogP contribution in [0.1, 0.15) is 29.8 Å². The van der Waals surface area contributed by atoms with Crippen LogP contribution in [0.5, 0.6) is 0 Å². The van der Waals surface area contributed by atoms with E-state index in [4.69, 9.17) is 0 Å². The van der Waals surface area contributed by atoms with Crippen LogP contribution in [0.3, 0.4) is 0 Å². The van der Waals surface area contributed by atoms with Crippen molar-refractivity contribution < 1.29 is 9.18 Å². The highest BCUT2D eigenvalue weighted by Crippen LogP contribution is 2.12. The molecular weight excluding hydrogens is 269 g/mol. The summed E-state index contributed by atoms with van der Waals surface area (Å²) < 4.78 is 13.5. The first-order valence-corrected chi connectivity index (χ1v) is 6.79. The summed E-state index contributed by atoms with van der Waals surface area (Å²) in [7, 11) is 0. The van der Waals surface area contributed by atoms with Crippen LogP contribution in [0, 0.1) is 5.82 Å². The molecule has 0 atom stereocenters. The van der Waals surface area contributed by atoms with Gasteiger partial charge in [0.25, 0.3) is 5.91 Å². The Kier molecular flexibility index (Phi) is 5.00. The van der Waals surface area contributed by atoms with E-state index in [-0.39, 0.29) is 5.56 Å². The number of carbonyl (C=O) groups is 1.